The second-order valence-electron chi connectivity index (χ2n) is 6.20. The summed E-state index contributed by atoms with van der Waals surface area (Å²) in [6.07, 6.45) is 1.95. The lowest BCUT2D eigenvalue weighted by atomic mass is 9.93. The van der Waals surface area contributed by atoms with Gasteiger partial charge >= 0.3 is 0 Å². The van der Waals surface area contributed by atoms with E-state index in [1.54, 1.807) is 21.0 Å². The van der Waals surface area contributed by atoms with Crippen LogP contribution in [0.4, 0.5) is 5.69 Å². The Kier molecular flexibility index (Phi) is 4.92. The number of methoxy groups -OCH3 is 1. The first-order valence-electron chi connectivity index (χ1n) is 7.57. The van der Waals surface area contributed by atoms with Crippen LogP contribution in [0.3, 0.4) is 0 Å². The van der Waals surface area contributed by atoms with Gasteiger partial charge in [0.2, 0.25) is 5.91 Å². The van der Waals surface area contributed by atoms with E-state index >= 15 is 0 Å². The summed E-state index contributed by atoms with van der Waals surface area (Å²) in [4.78, 5) is 14.4. The van der Waals surface area contributed by atoms with E-state index in [2.05, 4.69) is 10.2 Å². The predicted octanol–water partition coefficient (Wildman–Crippen LogP) is 2.33. The lowest BCUT2D eigenvalue weighted by Gasteiger charge is -2.35. The van der Waals surface area contributed by atoms with Gasteiger partial charge in [0.1, 0.15) is 11.2 Å². The van der Waals surface area contributed by atoms with Crippen molar-refractivity contribution in [2.75, 3.05) is 25.1 Å². The maximum absolute atomic E-state index is 12.1. The number of piperidine rings is 1. The van der Waals surface area contributed by atoms with Crippen LogP contribution in [-0.4, -0.2) is 32.1 Å². The summed E-state index contributed by atoms with van der Waals surface area (Å²) < 4.78 is 5.26. The van der Waals surface area contributed by atoms with Gasteiger partial charge in [-0.1, -0.05) is 6.07 Å². The number of anilines is 1. The fourth-order valence-corrected chi connectivity index (χ4v) is 2.55. The first-order chi connectivity index (χ1) is 10.5. The molecule has 5 heteroatoms. The van der Waals surface area contributed by atoms with Crippen LogP contribution in [0.5, 0.6) is 5.75 Å². The van der Waals surface area contributed by atoms with Crippen molar-refractivity contribution in [3.8, 4) is 11.8 Å². The Hall–Kier alpha value is -2.22. The van der Waals surface area contributed by atoms with Gasteiger partial charge in [0.05, 0.1) is 13.2 Å². The lowest BCUT2D eigenvalue weighted by Crippen LogP contribution is -2.50. The molecule has 2 rings (SSSR count). The zero-order valence-corrected chi connectivity index (χ0v) is 13.4. The SMILES string of the molecule is COc1cccc(N2CCC[C@H](NC(=O)C(C)(C)C#N)C2)c1. The Labute approximate surface area is 131 Å². The molecule has 22 heavy (non-hydrogen) atoms. The van der Waals surface area contributed by atoms with E-state index < -0.39 is 5.41 Å². The van der Waals surface area contributed by atoms with Gasteiger partial charge in [-0.05, 0) is 38.8 Å². The van der Waals surface area contributed by atoms with Crippen LogP contribution < -0.4 is 15.0 Å². The van der Waals surface area contributed by atoms with Crippen LogP contribution in [0.2, 0.25) is 0 Å². The minimum Gasteiger partial charge on any atom is -0.497 e. The molecule has 1 amide bonds. The Morgan fingerprint density at radius 1 is 1.50 bits per heavy atom. The van der Waals surface area contributed by atoms with E-state index in [0.717, 1.165) is 37.4 Å². The van der Waals surface area contributed by atoms with Crippen molar-refractivity contribution >= 4 is 11.6 Å². The van der Waals surface area contributed by atoms with Crippen LogP contribution in [0.1, 0.15) is 26.7 Å². The number of carbonyl (C=O) groups is 1. The third-order valence-corrected chi connectivity index (χ3v) is 4.02. The van der Waals surface area contributed by atoms with Crippen molar-refractivity contribution < 1.29 is 9.53 Å². The fourth-order valence-electron chi connectivity index (χ4n) is 2.55. The van der Waals surface area contributed by atoms with Crippen molar-refractivity contribution in [2.24, 2.45) is 5.41 Å². The molecule has 1 aromatic carbocycles. The van der Waals surface area contributed by atoms with Crippen molar-refractivity contribution in [1.82, 2.24) is 5.32 Å². The zero-order valence-electron chi connectivity index (χ0n) is 13.4. The van der Waals surface area contributed by atoms with Crippen LogP contribution in [0.25, 0.3) is 0 Å². The van der Waals surface area contributed by atoms with Crippen LogP contribution in [0, 0.1) is 16.7 Å². The van der Waals surface area contributed by atoms with Crippen LogP contribution in [0.15, 0.2) is 24.3 Å². The molecule has 0 spiro atoms. The van der Waals surface area contributed by atoms with Gasteiger partial charge in [0.15, 0.2) is 0 Å². The van der Waals surface area contributed by atoms with E-state index in [1.807, 2.05) is 30.3 Å². The number of hydrogen-bond acceptors (Lipinski definition) is 4. The number of nitriles is 1. The summed E-state index contributed by atoms with van der Waals surface area (Å²) in [5, 5.41) is 12.1. The summed E-state index contributed by atoms with van der Waals surface area (Å²) in [7, 11) is 1.66. The Morgan fingerprint density at radius 3 is 2.95 bits per heavy atom. The first kappa shape index (κ1) is 16.2. The van der Waals surface area contributed by atoms with E-state index in [9.17, 15) is 4.79 Å². The largest absolute Gasteiger partial charge is 0.497 e. The molecule has 0 aliphatic carbocycles. The van der Waals surface area contributed by atoms with Crippen molar-refractivity contribution in [1.29, 1.82) is 5.26 Å². The van der Waals surface area contributed by atoms with Crippen molar-refractivity contribution in [3.63, 3.8) is 0 Å². The van der Waals surface area contributed by atoms with Crippen molar-refractivity contribution in [2.45, 2.75) is 32.7 Å². The molecule has 1 fully saturated rings. The Morgan fingerprint density at radius 2 is 2.27 bits per heavy atom. The molecule has 0 saturated carbocycles. The molecule has 5 nitrogen and oxygen atoms in total. The molecule has 1 atom stereocenters. The third-order valence-electron chi connectivity index (χ3n) is 4.02. The highest BCUT2D eigenvalue weighted by Gasteiger charge is 2.30. The van der Waals surface area contributed by atoms with Crippen LogP contribution >= 0.6 is 0 Å². The number of amides is 1. The molecule has 0 unspecified atom stereocenters. The average molecular weight is 301 g/mol. The van der Waals surface area contributed by atoms with E-state index in [1.165, 1.54) is 0 Å². The standard InChI is InChI=1S/C17H23N3O2/c1-17(2,12-18)16(21)19-13-6-5-9-20(11-13)14-7-4-8-15(10-14)22-3/h4,7-8,10,13H,5-6,9,11H2,1-3H3,(H,19,21)/t13-/m0/s1. The summed E-state index contributed by atoms with van der Waals surface area (Å²) in [5.74, 6) is 0.627. The number of ether oxygens (including phenoxy) is 1. The minimum atomic E-state index is -0.988. The normalized spacial score (nSPS) is 18.5. The number of nitrogens with zero attached hydrogens (tertiary/aromatic N) is 2. The van der Waals surface area contributed by atoms with Gasteiger partial charge < -0.3 is 15.0 Å². The van der Waals surface area contributed by atoms with E-state index in [4.69, 9.17) is 10.00 Å². The molecule has 1 saturated heterocycles. The summed E-state index contributed by atoms with van der Waals surface area (Å²) >= 11 is 0. The van der Waals surface area contributed by atoms with Gasteiger partial charge in [-0.25, -0.2) is 0 Å². The molecule has 1 heterocycles. The summed E-state index contributed by atoms with van der Waals surface area (Å²) in [5.41, 5.74) is 0.107. The molecule has 1 aliphatic heterocycles. The number of carbonyl (C=O) groups excluding carboxylic acids is 1. The van der Waals surface area contributed by atoms with Gasteiger partial charge in [0.25, 0.3) is 0 Å². The highest BCUT2D eigenvalue weighted by atomic mass is 16.5. The molecule has 0 bridgehead atoms. The second-order valence-corrected chi connectivity index (χ2v) is 6.20. The molecular formula is C17H23N3O2. The highest BCUT2D eigenvalue weighted by molar-refractivity contribution is 5.84. The van der Waals surface area contributed by atoms with Crippen LogP contribution in [-0.2, 0) is 4.79 Å². The molecule has 1 aromatic rings. The first-order valence-corrected chi connectivity index (χ1v) is 7.57. The van der Waals surface area contributed by atoms with Crippen molar-refractivity contribution in [3.05, 3.63) is 24.3 Å². The predicted molar refractivity (Wildman–Crippen MR) is 85.8 cm³/mol. The third kappa shape index (κ3) is 3.70. The molecule has 1 aliphatic rings. The number of benzene rings is 1. The molecular weight excluding hydrogens is 278 g/mol. The lowest BCUT2D eigenvalue weighted by molar-refractivity contribution is -0.127. The summed E-state index contributed by atoms with van der Waals surface area (Å²) in [6, 6.07) is 10.1. The molecule has 0 aromatic heterocycles. The zero-order chi connectivity index (χ0) is 16.2. The van der Waals surface area contributed by atoms with Gasteiger partial charge in [-0.3, -0.25) is 4.79 Å². The van der Waals surface area contributed by atoms with Gasteiger partial charge in [-0.2, -0.15) is 5.26 Å². The molecule has 118 valence electrons. The average Bonchev–Trinajstić information content (AvgIpc) is 2.55. The Bertz CT molecular complexity index is 578. The minimum absolute atomic E-state index is 0.0695. The van der Waals surface area contributed by atoms with E-state index in [-0.39, 0.29) is 11.9 Å². The fraction of sp³-hybridized carbons (Fsp3) is 0.529. The quantitative estimate of drug-likeness (QED) is 0.927. The second kappa shape index (κ2) is 6.69. The van der Waals surface area contributed by atoms with Gasteiger partial charge in [0, 0.05) is 30.9 Å². The number of nitrogens with one attached hydrogen (secondary N) is 1. The van der Waals surface area contributed by atoms with E-state index in [0.29, 0.717) is 0 Å². The maximum Gasteiger partial charge on any atom is 0.240 e. The maximum atomic E-state index is 12.1. The Balaban J connectivity index is 2.03. The topological polar surface area (TPSA) is 65.4 Å². The van der Waals surface area contributed by atoms with Gasteiger partial charge in [-0.15, -0.1) is 0 Å². The number of rotatable bonds is 4. The monoisotopic (exact) mass is 301 g/mol. The molecule has 1 N–H and O–H groups in total. The smallest absolute Gasteiger partial charge is 0.240 e. The summed E-state index contributed by atoms with van der Waals surface area (Å²) in [6.45, 7) is 5.00. The number of hydrogen-bond donors (Lipinski definition) is 1. The highest BCUT2D eigenvalue weighted by Crippen LogP contribution is 2.24. The molecule has 0 radical (unpaired) electrons.